The third-order valence-corrected chi connectivity index (χ3v) is 6.12. The summed E-state index contributed by atoms with van der Waals surface area (Å²) in [6.07, 6.45) is 3.46. The Hall–Kier alpha value is -3.73. The van der Waals surface area contributed by atoms with Gasteiger partial charge >= 0.3 is 0 Å². The van der Waals surface area contributed by atoms with Gasteiger partial charge in [-0.15, -0.1) is 0 Å². The Bertz CT molecular complexity index is 1260. The van der Waals surface area contributed by atoms with E-state index in [9.17, 15) is 13.2 Å². The molecule has 0 spiro atoms. The number of hydrogen-bond donors (Lipinski definition) is 1. The van der Waals surface area contributed by atoms with E-state index in [0.29, 0.717) is 23.1 Å². The van der Waals surface area contributed by atoms with Crippen LogP contribution >= 0.6 is 0 Å². The number of pyridine rings is 3. The molecular weight excluding hydrogens is 483 g/mol. The zero-order valence-corrected chi connectivity index (χ0v) is 20.4. The molecular formula is C26H24FN4O4S-. The molecule has 4 aromatic rings. The van der Waals surface area contributed by atoms with E-state index in [-0.39, 0.29) is 24.2 Å². The van der Waals surface area contributed by atoms with Crippen LogP contribution in [-0.4, -0.2) is 37.9 Å². The monoisotopic (exact) mass is 507 g/mol. The van der Waals surface area contributed by atoms with Crippen molar-refractivity contribution < 1.29 is 22.6 Å². The number of aromatic nitrogens is 3. The van der Waals surface area contributed by atoms with Crippen molar-refractivity contribution in [3.8, 4) is 11.8 Å². The highest BCUT2D eigenvalue weighted by Crippen LogP contribution is 2.42. The molecule has 0 aliphatic heterocycles. The molecule has 0 saturated heterocycles. The van der Waals surface area contributed by atoms with Gasteiger partial charge in [0.1, 0.15) is 5.82 Å². The predicted molar refractivity (Wildman–Crippen MR) is 132 cm³/mol. The van der Waals surface area contributed by atoms with Gasteiger partial charge in [-0.2, -0.15) is 0 Å². The number of halogens is 1. The predicted octanol–water partition coefficient (Wildman–Crippen LogP) is 3.88. The van der Waals surface area contributed by atoms with Gasteiger partial charge in [-0.25, -0.2) is 19.1 Å². The summed E-state index contributed by atoms with van der Waals surface area (Å²) in [5.41, 5.74) is 3.77. The lowest BCUT2D eigenvalue weighted by atomic mass is 9.76. The van der Waals surface area contributed by atoms with Crippen LogP contribution in [-0.2, 0) is 17.8 Å². The first-order valence-corrected chi connectivity index (χ1v) is 12.1. The fraction of sp³-hybridized carbons (Fsp3) is 0.192. The van der Waals surface area contributed by atoms with Crippen molar-refractivity contribution in [1.82, 2.24) is 19.7 Å². The molecule has 2 unspecified atom stereocenters. The summed E-state index contributed by atoms with van der Waals surface area (Å²) in [7, 11) is 3.10. The van der Waals surface area contributed by atoms with E-state index in [4.69, 9.17) is 14.5 Å². The Kier molecular flexibility index (Phi) is 8.32. The van der Waals surface area contributed by atoms with Crippen molar-refractivity contribution in [2.45, 2.75) is 18.4 Å². The van der Waals surface area contributed by atoms with Crippen LogP contribution < -0.4 is 14.2 Å². The van der Waals surface area contributed by atoms with Crippen molar-refractivity contribution >= 4 is 11.3 Å². The number of hydrogen-bond acceptors (Lipinski definition) is 7. The van der Waals surface area contributed by atoms with Gasteiger partial charge in [0.25, 0.3) is 0 Å². The number of rotatable bonds is 10. The van der Waals surface area contributed by atoms with Crippen molar-refractivity contribution in [3.05, 3.63) is 113 Å². The third-order valence-electron chi connectivity index (χ3n) is 5.74. The molecule has 3 heterocycles. The van der Waals surface area contributed by atoms with Gasteiger partial charge < -0.3 is 14.0 Å². The standard InChI is InChI=1S/C26H25FN4O4S/c1-34-23-12-8-18(14-28-23)25(19-9-13-24(35-2)29-15-19)26(17-6-10-20(27)11-7-17)22-5-3-4-21(31-22)16-30-36(32)33/h3-15,25-26,30H,16H2,1-2H3,(H,32,33)/p-1. The van der Waals surface area contributed by atoms with Gasteiger partial charge in [0, 0.05) is 59.9 Å². The molecule has 36 heavy (non-hydrogen) atoms. The molecule has 1 aromatic carbocycles. The number of methoxy groups -OCH3 is 2. The van der Waals surface area contributed by atoms with Crippen molar-refractivity contribution in [2.24, 2.45) is 0 Å². The zero-order chi connectivity index (χ0) is 25.5. The first-order chi connectivity index (χ1) is 17.5. The van der Waals surface area contributed by atoms with Crippen LogP contribution in [0, 0.1) is 5.82 Å². The number of nitrogens with zero attached hydrogens (tertiary/aromatic N) is 3. The van der Waals surface area contributed by atoms with Gasteiger partial charge in [-0.1, -0.05) is 30.3 Å². The lowest BCUT2D eigenvalue weighted by Crippen LogP contribution is -2.19. The average molecular weight is 508 g/mol. The molecule has 3 aromatic heterocycles. The second-order valence-corrected chi connectivity index (χ2v) is 8.64. The minimum Gasteiger partial charge on any atom is -0.760 e. The highest BCUT2D eigenvalue weighted by Gasteiger charge is 2.30. The van der Waals surface area contributed by atoms with Crippen LogP contribution in [0.5, 0.6) is 11.8 Å². The smallest absolute Gasteiger partial charge is 0.212 e. The fourth-order valence-corrected chi connectivity index (χ4v) is 4.34. The Morgan fingerprint density at radius 2 is 1.44 bits per heavy atom. The number of benzene rings is 1. The molecule has 8 nitrogen and oxygen atoms in total. The zero-order valence-electron chi connectivity index (χ0n) is 19.6. The first-order valence-electron chi connectivity index (χ1n) is 11.0. The summed E-state index contributed by atoms with van der Waals surface area (Å²) in [5.74, 6) is -0.110. The van der Waals surface area contributed by atoms with Crippen LogP contribution in [0.25, 0.3) is 0 Å². The van der Waals surface area contributed by atoms with Crippen molar-refractivity contribution in [1.29, 1.82) is 0 Å². The molecule has 0 saturated carbocycles. The summed E-state index contributed by atoms with van der Waals surface area (Å²) >= 11 is -2.42. The minimum absolute atomic E-state index is 0.0406. The number of nitrogens with one attached hydrogen (secondary N) is 1. The quantitative estimate of drug-likeness (QED) is 0.325. The van der Waals surface area contributed by atoms with Crippen LogP contribution in [0.2, 0.25) is 0 Å². The van der Waals surface area contributed by atoms with E-state index in [1.54, 1.807) is 56.9 Å². The highest BCUT2D eigenvalue weighted by atomic mass is 32.2. The fourth-order valence-electron chi connectivity index (χ4n) is 4.08. The number of ether oxygens (including phenoxy) is 2. The van der Waals surface area contributed by atoms with Crippen molar-refractivity contribution in [3.63, 3.8) is 0 Å². The Morgan fingerprint density at radius 3 is 1.94 bits per heavy atom. The van der Waals surface area contributed by atoms with Gasteiger partial charge in [0.2, 0.25) is 11.8 Å². The highest BCUT2D eigenvalue weighted by molar-refractivity contribution is 7.77. The molecule has 0 aliphatic rings. The summed E-state index contributed by atoms with van der Waals surface area (Å²) < 4.78 is 48.7. The van der Waals surface area contributed by atoms with Crippen LogP contribution in [0.3, 0.4) is 0 Å². The second-order valence-electron chi connectivity index (χ2n) is 7.88. The summed E-state index contributed by atoms with van der Waals surface area (Å²) in [6.45, 7) is 0.0406. The molecule has 4 rings (SSSR count). The topological polar surface area (TPSA) is 109 Å². The second kappa shape index (κ2) is 11.8. The maximum Gasteiger partial charge on any atom is 0.212 e. The molecule has 1 N–H and O–H groups in total. The molecule has 0 amide bonds. The van der Waals surface area contributed by atoms with E-state index < -0.39 is 11.3 Å². The lowest BCUT2D eigenvalue weighted by Gasteiger charge is -2.28. The lowest BCUT2D eigenvalue weighted by molar-refractivity contribution is 0.397. The van der Waals surface area contributed by atoms with Crippen molar-refractivity contribution in [2.75, 3.05) is 14.2 Å². The third kappa shape index (κ3) is 6.09. The molecule has 186 valence electrons. The molecule has 0 radical (unpaired) electrons. The SMILES string of the molecule is COc1ccc(C(c2ccc(OC)nc2)C(c2ccc(F)cc2)c2cccc(CNS(=O)[O-])n2)cn1. The Balaban J connectivity index is 1.89. The Labute approximate surface area is 211 Å². The van der Waals surface area contributed by atoms with E-state index in [1.165, 1.54) is 12.1 Å². The first kappa shape index (κ1) is 25.4. The van der Waals surface area contributed by atoms with Gasteiger partial charge in [0.15, 0.2) is 0 Å². The molecule has 0 fully saturated rings. The van der Waals surface area contributed by atoms with Crippen LogP contribution in [0.1, 0.15) is 39.9 Å². The van der Waals surface area contributed by atoms with E-state index in [2.05, 4.69) is 14.7 Å². The van der Waals surface area contributed by atoms with Gasteiger partial charge in [-0.3, -0.25) is 9.19 Å². The average Bonchev–Trinajstić information content (AvgIpc) is 2.91. The van der Waals surface area contributed by atoms with Crippen LogP contribution in [0.15, 0.2) is 79.1 Å². The van der Waals surface area contributed by atoms with E-state index >= 15 is 0 Å². The molecule has 2 atom stereocenters. The summed E-state index contributed by atoms with van der Waals surface area (Å²) in [4.78, 5) is 13.6. The molecule has 0 aliphatic carbocycles. The molecule has 0 bridgehead atoms. The normalized spacial score (nSPS) is 12.8. The van der Waals surface area contributed by atoms with E-state index in [1.807, 2.05) is 24.3 Å². The van der Waals surface area contributed by atoms with Gasteiger partial charge in [0.05, 0.1) is 19.9 Å². The summed E-state index contributed by atoms with van der Waals surface area (Å²) in [6, 6.07) is 19.1. The minimum atomic E-state index is -2.42. The largest absolute Gasteiger partial charge is 0.760 e. The van der Waals surface area contributed by atoms with E-state index in [0.717, 1.165) is 16.7 Å². The Morgan fingerprint density at radius 1 is 0.861 bits per heavy atom. The van der Waals surface area contributed by atoms with Gasteiger partial charge in [-0.05, 0) is 41.0 Å². The summed E-state index contributed by atoms with van der Waals surface area (Å²) in [5, 5.41) is 0. The maximum absolute atomic E-state index is 13.9. The van der Waals surface area contributed by atoms with Crippen LogP contribution in [0.4, 0.5) is 4.39 Å². The molecule has 10 heteroatoms. The maximum atomic E-state index is 13.9.